The summed E-state index contributed by atoms with van der Waals surface area (Å²) in [4.78, 5) is 12.0. The number of carbonyl (C=O) groups is 1. The fourth-order valence-corrected chi connectivity index (χ4v) is 3.82. The van der Waals surface area contributed by atoms with Gasteiger partial charge in [-0.3, -0.25) is 0 Å². The average molecular weight is 427 g/mol. The lowest BCUT2D eigenvalue weighted by Crippen LogP contribution is -2.25. The van der Waals surface area contributed by atoms with Crippen molar-refractivity contribution in [2.45, 2.75) is 32.3 Å². The fraction of sp³-hybridized carbons (Fsp3) is 0.179. The summed E-state index contributed by atoms with van der Waals surface area (Å²) in [7, 11) is 0. The van der Waals surface area contributed by atoms with Crippen LogP contribution in [0.5, 0.6) is 11.5 Å². The molecule has 4 heteroatoms. The highest BCUT2D eigenvalue weighted by Crippen LogP contribution is 2.37. The van der Waals surface area contributed by atoms with E-state index in [1.54, 1.807) is 45.0 Å². The Hall–Kier alpha value is -3.79. The number of hydrogen-bond donors (Lipinski definition) is 1. The van der Waals surface area contributed by atoms with E-state index in [4.69, 9.17) is 9.47 Å². The summed E-state index contributed by atoms with van der Waals surface area (Å²) in [6.07, 6.45) is -0.727. The van der Waals surface area contributed by atoms with Crippen LogP contribution in [0.15, 0.2) is 91.0 Å². The summed E-state index contributed by atoms with van der Waals surface area (Å²) in [6.45, 7) is 5.39. The zero-order chi connectivity index (χ0) is 22.7. The van der Waals surface area contributed by atoms with Crippen molar-refractivity contribution >= 4 is 16.9 Å². The first-order valence-electron chi connectivity index (χ1n) is 10.6. The molecule has 0 fully saturated rings. The van der Waals surface area contributed by atoms with E-state index in [0.29, 0.717) is 5.75 Å². The minimum Gasteiger partial charge on any atom is -0.508 e. The van der Waals surface area contributed by atoms with Crippen LogP contribution in [-0.4, -0.2) is 16.9 Å². The smallest absolute Gasteiger partial charge is 0.508 e. The summed E-state index contributed by atoms with van der Waals surface area (Å²) in [5, 5.41) is 12.1. The lowest BCUT2D eigenvalue weighted by atomic mass is 9.83. The number of phenolic OH excluding ortho intramolecular Hbond substituents is 1. The highest BCUT2D eigenvalue weighted by molar-refractivity contribution is 5.87. The van der Waals surface area contributed by atoms with E-state index in [0.717, 1.165) is 16.7 Å². The van der Waals surface area contributed by atoms with Gasteiger partial charge in [-0.25, -0.2) is 4.79 Å². The first kappa shape index (κ1) is 21.4. The van der Waals surface area contributed by atoms with Gasteiger partial charge in [0.1, 0.15) is 17.1 Å². The van der Waals surface area contributed by atoms with Crippen molar-refractivity contribution in [2.24, 2.45) is 0 Å². The van der Waals surface area contributed by atoms with Crippen molar-refractivity contribution < 1.29 is 19.4 Å². The molecule has 0 bridgehead atoms. The molecule has 0 saturated carbocycles. The van der Waals surface area contributed by atoms with Gasteiger partial charge in [0.2, 0.25) is 0 Å². The first-order valence-corrected chi connectivity index (χ1v) is 10.6. The number of aromatic hydroxyl groups is 1. The molecule has 0 aromatic heterocycles. The van der Waals surface area contributed by atoms with Gasteiger partial charge in [-0.2, -0.15) is 0 Å². The Bertz CT molecular complexity index is 1210. The normalized spacial score (nSPS) is 12.3. The second-order valence-corrected chi connectivity index (χ2v) is 8.73. The maximum absolute atomic E-state index is 12.0. The van der Waals surface area contributed by atoms with E-state index in [2.05, 4.69) is 30.3 Å². The molecule has 1 unspecified atom stereocenters. The van der Waals surface area contributed by atoms with Crippen molar-refractivity contribution in [2.75, 3.05) is 0 Å². The van der Waals surface area contributed by atoms with Gasteiger partial charge in [0.15, 0.2) is 0 Å². The van der Waals surface area contributed by atoms with Crippen molar-refractivity contribution in [1.82, 2.24) is 0 Å². The van der Waals surface area contributed by atoms with Gasteiger partial charge in [0.05, 0.1) is 0 Å². The summed E-state index contributed by atoms with van der Waals surface area (Å²) in [6, 6.07) is 29.3. The predicted octanol–water partition coefficient (Wildman–Crippen LogP) is 7.04. The van der Waals surface area contributed by atoms with Crippen LogP contribution < -0.4 is 4.74 Å². The molecule has 0 amide bonds. The number of hydrogen-bond acceptors (Lipinski definition) is 4. The summed E-state index contributed by atoms with van der Waals surface area (Å²) < 4.78 is 10.6. The molecule has 4 aromatic carbocycles. The van der Waals surface area contributed by atoms with Crippen LogP contribution >= 0.6 is 0 Å². The zero-order valence-corrected chi connectivity index (χ0v) is 18.4. The lowest BCUT2D eigenvalue weighted by Gasteiger charge is -2.21. The van der Waals surface area contributed by atoms with Crippen molar-refractivity contribution in [3.63, 3.8) is 0 Å². The molecule has 1 atom stereocenters. The minimum absolute atomic E-state index is 0.0581. The Morgan fingerprint density at radius 2 is 1.38 bits per heavy atom. The van der Waals surface area contributed by atoms with Gasteiger partial charge in [0, 0.05) is 5.92 Å². The Morgan fingerprint density at radius 1 is 0.781 bits per heavy atom. The molecule has 0 spiro atoms. The third-order valence-corrected chi connectivity index (χ3v) is 5.16. The van der Waals surface area contributed by atoms with Crippen LogP contribution in [0.25, 0.3) is 10.8 Å². The van der Waals surface area contributed by atoms with Crippen LogP contribution in [0.4, 0.5) is 4.79 Å². The van der Waals surface area contributed by atoms with Gasteiger partial charge < -0.3 is 14.6 Å². The van der Waals surface area contributed by atoms with E-state index in [9.17, 15) is 9.90 Å². The second-order valence-electron chi connectivity index (χ2n) is 8.73. The van der Waals surface area contributed by atoms with E-state index < -0.39 is 11.8 Å². The highest BCUT2D eigenvalue weighted by atomic mass is 16.7. The Labute approximate surface area is 188 Å². The maximum Gasteiger partial charge on any atom is 0.514 e. The molecule has 0 aliphatic carbocycles. The van der Waals surface area contributed by atoms with Crippen LogP contribution in [0.1, 0.15) is 43.4 Å². The first-order chi connectivity index (χ1) is 15.3. The number of rotatable bonds is 4. The Balaban J connectivity index is 1.73. The number of benzene rings is 4. The molecular formula is C28H26O4. The Morgan fingerprint density at radius 3 is 2.03 bits per heavy atom. The summed E-state index contributed by atoms with van der Waals surface area (Å²) in [5.74, 6) is 0.592. The van der Waals surface area contributed by atoms with Gasteiger partial charge in [0.25, 0.3) is 0 Å². The third-order valence-electron chi connectivity index (χ3n) is 5.16. The topological polar surface area (TPSA) is 55.8 Å². The predicted molar refractivity (Wildman–Crippen MR) is 126 cm³/mol. The fourth-order valence-electron chi connectivity index (χ4n) is 3.82. The molecule has 0 aliphatic heterocycles. The van der Waals surface area contributed by atoms with Gasteiger partial charge in [-0.1, -0.05) is 66.7 Å². The molecule has 4 rings (SSSR count). The number of carbonyl (C=O) groups excluding carboxylic acids is 1. The number of phenols is 1. The molecule has 0 heterocycles. The van der Waals surface area contributed by atoms with E-state index >= 15 is 0 Å². The maximum atomic E-state index is 12.0. The molecule has 32 heavy (non-hydrogen) atoms. The number of fused-ring (bicyclic) bond motifs is 1. The van der Waals surface area contributed by atoms with E-state index in [1.165, 1.54) is 10.8 Å². The highest BCUT2D eigenvalue weighted by Gasteiger charge is 2.21. The van der Waals surface area contributed by atoms with Crippen molar-refractivity contribution in [3.05, 3.63) is 108 Å². The lowest BCUT2D eigenvalue weighted by molar-refractivity contribution is 0.0206. The second kappa shape index (κ2) is 8.75. The van der Waals surface area contributed by atoms with Crippen molar-refractivity contribution in [1.29, 1.82) is 0 Å². The molecule has 0 aliphatic rings. The quantitative estimate of drug-likeness (QED) is 0.216. The minimum atomic E-state index is -0.727. The van der Waals surface area contributed by atoms with Gasteiger partial charge in [-0.05, 0) is 72.5 Å². The zero-order valence-electron chi connectivity index (χ0n) is 18.4. The van der Waals surface area contributed by atoms with E-state index in [-0.39, 0.29) is 11.7 Å². The van der Waals surface area contributed by atoms with E-state index in [1.807, 2.05) is 36.4 Å². The molecular weight excluding hydrogens is 400 g/mol. The van der Waals surface area contributed by atoms with Gasteiger partial charge in [-0.15, -0.1) is 0 Å². The average Bonchev–Trinajstić information content (AvgIpc) is 2.75. The molecule has 0 radical (unpaired) electrons. The van der Waals surface area contributed by atoms with Crippen LogP contribution in [0, 0.1) is 0 Å². The van der Waals surface area contributed by atoms with Gasteiger partial charge >= 0.3 is 6.16 Å². The molecule has 1 N–H and O–H groups in total. The Kier molecular flexibility index (Phi) is 5.87. The molecule has 0 saturated heterocycles. The standard InChI is InChI=1S/C28H26O4/c1-28(2,3)32-27(30)31-23-17-13-21(14-18-23)26(20-11-15-22(29)16-12-20)25-10-6-8-19-7-4-5-9-24(19)25/h4-18,26,29H,1-3H3. The number of ether oxygens (including phenoxy) is 2. The van der Waals surface area contributed by atoms with Crippen LogP contribution in [0.3, 0.4) is 0 Å². The van der Waals surface area contributed by atoms with Crippen LogP contribution in [-0.2, 0) is 4.74 Å². The molecule has 162 valence electrons. The van der Waals surface area contributed by atoms with Crippen LogP contribution in [0.2, 0.25) is 0 Å². The SMILES string of the molecule is CC(C)(C)OC(=O)Oc1ccc(C(c2ccc(O)cc2)c2cccc3ccccc23)cc1. The molecule has 4 nitrogen and oxygen atoms in total. The van der Waals surface area contributed by atoms with Crippen molar-refractivity contribution in [3.8, 4) is 11.5 Å². The molecule has 4 aromatic rings. The summed E-state index contributed by atoms with van der Waals surface area (Å²) in [5.41, 5.74) is 2.65. The monoisotopic (exact) mass is 426 g/mol. The largest absolute Gasteiger partial charge is 0.514 e. The third kappa shape index (κ3) is 4.92. The summed E-state index contributed by atoms with van der Waals surface area (Å²) >= 11 is 0.